The lowest BCUT2D eigenvalue weighted by atomic mass is 10.0. The van der Waals surface area contributed by atoms with Crippen molar-refractivity contribution in [1.29, 1.82) is 0 Å². The number of carbonyl (C=O) groups excluding carboxylic acids is 1. The molecule has 0 saturated heterocycles. The van der Waals surface area contributed by atoms with Gasteiger partial charge in [0.2, 0.25) is 0 Å². The van der Waals surface area contributed by atoms with Gasteiger partial charge < -0.3 is 10.1 Å². The average molecular weight is 313 g/mol. The molecule has 4 heteroatoms. The second kappa shape index (κ2) is 6.41. The maximum Gasteiger partial charge on any atom is 0.251 e. The highest BCUT2D eigenvalue weighted by molar-refractivity contribution is 5.94. The largest absolute Gasteiger partial charge is 0.494 e. The summed E-state index contributed by atoms with van der Waals surface area (Å²) in [6, 6.07) is 10.5. The molecule has 0 unspecified atom stereocenters. The molecule has 2 aromatic rings. The Bertz CT molecular complexity index is 742. The zero-order valence-corrected chi connectivity index (χ0v) is 13.4. The molecule has 0 aromatic heterocycles. The predicted octanol–water partition coefficient (Wildman–Crippen LogP) is 3.81. The number of rotatable bonds is 4. The summed E-state index contributed by atoms with van der Waals surface area (Å²) in [5, 5.41) is 2.92. The summed E-state index contributed by atoms with van der Waals surface area (Å²) in [4.78, 5) is 12.3. The Morgan fingerprint density at radius 1 is 1.17 bits per heavy atom. The van der Waals surface area contributed by atoms with Crippen LogP contribution in [0.25, 0.3) is 0 Å². The molecule has 3 nitrogen and oxygen atoms in total. The lowest BCUT2D eigenvalue weighted by molar-refractivity contribution is 0.0939. The Labute approximate surface area is 135 Å². The van der Waals surface area contributed by atoms with Crippen LogP contribution in [0.3, 0.4) is 0 Å². The summed E-state index contributed by atoms with van der Waals surface area (Å²) in [5.41, 5.74) is 4.15. The van der Waals surface area contributed by atoms with Crippen LogP contribution in [0.2, 0.25) is 0 Å². The van der Waals surface area contributed by atoms with Crippen molar-refractivity contribution in [3.63, 3.8) is 0 Å². The molecule has 2 aromatic carbocycles. The lowest BCUT2D eigenvalue weighted by Gasteiger charge is -2.16. The fraction of sp³-hybridized carbons (Fsp3) is 0.316. The molecule has 1 N–H and O–H groups in total. The summed E-state index contributed by atoms with van der Waals surface area (Å²) in [5.74, 6) is -0.696. The van der Waals surface area contributed by atoms with Crippen LogP contribution in [-0.2, 0) is 12.8 Å². The molecule has 0 spiro atoms. The van der Waals surface area contributed by atoms with Gasteiger partial charge in [0.25, 0.3) is 5.91 Å². The number of fused-ring (bicyclic) bond motifs is 1. The maximum atomic E-state index is 13.7. The Hall–Kier alpha value is -2.36. The minimum atomic E-state index is -0.537. The van der Waals surface area contributed by atoms with Crippen molar-refractivity contribution in [1.82, 2.24) is 5.32 Å². The Balaban J connectivity index is 1.73. The van der Waals surface area contributed by atoms with Crippen LogP contribution in [0.1, 0.15) is 46.4 Å². The average Bonchev–Trinajstić information content (AvgIpc) is 3.02. The van der Waals surface area contributed by atoms with Gasteiger partial charge in [0.05, 0.1) is 13.2 Å². The van der Waals surface area contributed by atoms with Gasteiger partial charge in [0.1, 0.15) is 0 Å². The molecule has 1 atom stereocenters. The van der Waals surface area contributed by atoms with Gasteiger partial charge in [-0.2, -0.15) is 0 Å². The summed E-state index contributed by atoms with van der Waals surface area (Å²) in [6.45, 7) is 1.94. The predicted molar refractivity (Wildman–Crippen MR) is 87.3 cm³/mol. The monoisotopic (exact) mass is 313 g/mol. The van der Waals surface area contributed by atoms with Crippen molar-refractivity contribution in [2.45, 2.75) is 32.2 Å². The molecule has 1 aliphatic rings. The first-order valence-corrected chi connectivity index (χ1v) is 7.84. The highest BCUT2D eigenvalue weighted by Gasteiger charge is 2.16. The number of amides is 1. The van der Waals surface area contributed by atoms with E-state index < -0.39 is 5.82 Å². The third kappa shape index (κ3) is 3.21. The van der Waals surface area contributed by atoms with E-state index in [4.69, 9.17) is 4.74 Å². The highest BCUT2D eigenvalue weighted by Crippen LogP contribution is 2.25. The van der Waals surface area contributed by atoms with Gasteiger partial charge in [-0.05, 0) is 61.1 Å². The van der Waals surface area contributed by atoms with E-state index in [1.807, 2.05) is 6.92 Å². The van der Waals surface area contributed by atoms with Crippen LogP contribution in [0.5, 0.6) is 5.75 Å². The van der Waals surface area contributed by atoms with E-state index in [1.54, 1.807) is 6.07 Å². The van der Waals surface area contributed by atoms with Crippen molar-refractivity contribution in [2.75, 3.05) is 7.11 Å². The molecule has 0 fully saturated rings. The fourth-order valence-corrected chi connectivity index (χ4v) is 3.03. The van der Waals surface area contributed by atoms with Crippen molar-refractivity contribution < 1.29 is 13.9 Å². The number of carbonyl (C=O) groups is 1. The van der Waals surface area contributed by atoms with Gasteiger partial charge in [0, 0.05) is 5.56 Å². The van der Waals surface area contributed by atoms with Crippen LogP contribution in [0.4, 0.5) is 4.39 Å². The first kappa shape index (κ1) is 15.5. The molecule has 0 radical (unpaired) electrons. The zero-order valence-electron chi connectivity index (χ0n) is 13.4. The van der Waals surface area contributed by atoms with Crippen molar-refractivity contribution in [2.24, 2.45) is 0 Å². The van der Waals surface area contributed by atoms with Crippen LogP contribution in [0.15, 0.2) is 36.4 Å². The smallest absolute Gasteiger partial charge is 0.251 e. The first-order valence-electron chi connectivity index (χ1n) is 7.84. The fourth-order valence-electron chi connectivity index (χ4n) is 3.03. The van der Waals surface area contributed by atoms with Crippen LogP contribution in [-0.4, -0.2) is 13.0 Å². The van der Waals surface area contributed by atoms with E-state index in [0.717, 1.165) is 18.4 Å². The van der Waals surface area contributed by atoms with Crippen LogP contribution >= 0.6 is 0 Å². The molecule has 1 amide bonds. The Morgan fingerprint density at radius 2 is 1.96 bits per heavy atom. The quantitative estimate of drug-likeness (QED) is 0.932. The molecule has 1 aliphatic carbocycles. The molecule has 0 heterocycles. The van der Waals surface area contributed by atoms with E-state index in [-0.39, 0.29) is 23.3 Å². The van der Waals surface area contributed by atoms with Crippen molar-refractivity contribution in [3.05, 3.63) is 64.5 Å². The number of halogens is 1. The van der Waals surface area contributed by atoms with Gasteiger partial charge in [-0.15, -0.1) is 0 Å². The van der Waals surface area contributed by atoms with Gasteiger partial charge in [0.15, 0.2) is 11.6 Å². The Morgan fingerprint density at radius 3 is 2.70 bits per heavy atom. The van der Waals surface area contributed by atoms with E-state index in [9.17, 15) is 9.18 Å². The van der Waals surface area contributed by atoms with Gasteiger partial charge >= 0.3 is 0 Å². The second-order valence-corrected chi connectivity index (χ2v) is 5.93. The van der Waals surface area contributed by atoms with E-state index in [0.29, 0.717) is 0 Å². The van der Waals surface area contributed by atoms with Crippen molar-refractivity contribution >= 4 is 5.91 Å². The molecule has 0 aliphatic heterocycles. The van der Waals surface area contributed by atoms with E-state index >= 15 is 0 Å². The molecule has 120 valence electrons. The third-order valence-electron chi connectivity index (χ3n) is 4.38. The molecular weight excluding hydrogens is 293 g/mol. The van der Waals surface area contributed by atoms with Crippen LogP contribution < -0.4 is 10.1 Å². The third-order valence-corrected chi connectivity index (χ3v) is 4.38. The van der Waals surface area contributed by atoms with E-state index in [2.05, 4.69) is 23.5 Å². The summed E-state index contributed by atoms with van der Waals surface area (Å²) in [7, 11) is 1.40. The topological polar surface area (TPSA) is 38.3 Å². The molecule has 0 saturated carbocycles. The van der Waals surface area contributed by atoms with E-state index in [1.165, 1.54) is 36.8 Å². The number of benzene rings is 2. The highest BCUT2D eigenvalue weighted by atomic mass is 19.1. The standard InChI is InChI=1S/C19H20FNO2/c1-12(14-7-6-13-4-3-5-15(13)10-14)21-19(22)16-8-9-18(23-2)17(20)11-16/h6-12H,3-5H2,1-2H3,(H,21,22)/t12-/m1/s1. The minimum absolute atomic E-state index is 0.126. The molecule has 0 bridgehead atoms. The summed E-state index contributed by atoms with van der Waals surface area (Å²) in [6.07, 6.45) is 3.44. The summed E-state index contributed by atoms with van der Waals surface area (Å²) < 4.78 is 18.6. The molecule has 23 heavy (non-hydrogen) atoms. The maximum absolute atomic E-state index is 13.7. The normalized spacial score (nSPS) is 14.2. The second-order valence-electron chi connectivity index (χ2n) is 5.93. The number of hydrogen-bond donors (Lipinski definition) is 1. The molecule has 3 rings (SSSR count). The minimum Gasteiger partial charge on any atom is -0.494 e. The van der Waals surface area contributed by atoms with Gasteiger partial charge in [-0.1, -0.05) is 18.2 Å². The number of methoxy groups -OCH3 is 1. The number of ether oxygens (including phenoxy) is 1. The SMILES string of the molecule is COc1ccc(C(=O)N[C@H](C)c2ccc3c(c2)CCC3)cc1F. The Kier molecular flexibility index (Phi) is 4.33. The molecular formula is C19H20FNO2. The number of hydrogen-bond acceptors (Lipinski definition) is 2. The summed E-state index contributed by atoms with van der Waals surface area (Å²) >= 11 is 0. The van der Waals surface area contributed by atoms with Gasteiger partial charge in [-0.25, -0.2) is 4.39 Å². The number of aryl methyl sites for hydroxylation is 2. The van der Waals surface area contributed by atoms with Crippen molar-refractivity contribution in [3.8, 4) is 5.75 Å². The van der Waals surface area contributed by atoms with Crippen LogP contribution in [0, 0.1) is 5.82 Å². The number of nitrogens with one attached hydrogen (secondary N) is 1. The van der Waals surface area contributed by atoms with Gasteiger partial charge in [-0.3, -0.25) is 4.79 Å². The lowest BCUT2D eigenvalue weighted by Crippen LogP contribution is -2.26. The first-order chi connectivity index (χ1) is 11.1. The zero-order chi connectivity index (χ0) is 16.4.